The molecule has 0 saturated carbocycles. The van der Waals surface area contributed by atoms with Gasteiger partial charge < -0.3 is 10.2 Å². The summed E-state index contributed by atoms with van der Waals surface area (Å²) < 4.78 is 0. The predicted molar refractivity (Wildman–Crippen MR) is 32.1 cm³/mol. The second-order valence-corrected chi connectivity index (χ2v) is 1.88. The third-order valence-electron chi connectivity index (χ3n) is 0.957. The normalized spacial score (nSPS) is 19.2. The van der Waals surface area contributed by atoms with Crippen molar-refractivity contribution in [1.29, 1.82) is 0 Å². The highest BCUT2D eigenvalue weighted by atomic mass is 16.6. The van der Waals surface area contributed by atoms with E-state index in [1.807, 2.05) is 0 Å². The monoisotopic (exact) mass is 128 g/mol. The third kappa shape index (κ3) is 1.71. The first-order chi connectivity index (χ1) is 4.29. The molecule has 1 N–H and O–H groups in total. The molecule has 0 aromatic rings. The van der Waals surface area contributed by atoms with Gasteiger partial charge in [0, 0.05) is 0 Å². The molecular formula is C5H8N2O2. The van der Waals surface area contributed by atoms with Gasteiger partial charge in [-0.15, -0.1) is 0 Å². The summed E-state index contributed by atoms with van der Waals surface area (Å²) in [7, 11) is 0. The molecule has 0 radical (unpaired) electrons. The maximum Gasteiger partial charge on any atom is 0.261 e. The van der Waals surface area contributed by atoms with E-state index in [2.05, 4.69) is 15.3 Å². The van der Waals surface area contributed by atoms with E-state index >= 15 is 0 Å². The Kier molecular flexibility index (Phi) is 1.67. The topological polar surface area (TPSA) is 50.7 Å². The van der Waals surface area contributed by atoms with E-state index < -0.39 is 0 Å². The van der Waals surface area contributed by atoms with Crippen molar-refractivity contribution < 1.29 is 9.63 Å². The molecule has 0 fully saturated rings. The maximum atomic E-state index is 10.5. The van der Waals surface area contributed by atoms with Gasteiger partial charge >= 0.3 is 0 Å². The minimum atomic E-state index is -0.115. The molecule has 0 spiro atoms. The zero-order valence-corrected chi connectivity index (χ0v) is 5.18. The van der Waals surface area contributed by atoms with Crippen LogP contribution in [0.5, 0.6) is 0 Å². The van der Waals surface area contributed by atoms with Crippen LogP contribution in [-0.4, -0.2) is 24.8 Å². The van der Waals surface area contributed by atoms with Crippen LogP contribution in [0.2, 0.25) is 0 Å². The van der Waals surface area contributed by atoms with Crippen LogP contribution < -0.4 is 5.32 Å². The quantitative estimate of drug-likeness (QED) is 0.478. The fourth-order valence-corrected chi connectivity index (χ4v) is 0.511. The van der Waals surface area contributed by atoms with Crippen molar-refractivity contribution in [3.05, 3.63) is 0 Å². The van der Waals surface area contributed by atoms with Gasteiger partial charge in [0.2, 0.25) is 0 Å². The number of rotatable bonds is 0. The highest BCUT2D eigenvalue weighted by Crippen LogP contribution is 1.85. The molecule has 0 bridgehead atoms. The van der Waals surface area contributed by atoms with Crippen molar-refractivity contribution in [1.82, 2.24) is 5.32 Å². The molecule has 4 heteroatoms. The lowest BCUT2D eigenvalue weighted by molar-refractivity contribution is -0.124. The zero-order chi connectivity index (χ0) is 6.69. The fourth-order valence-electron chi connectivity index (χ4n) is 0.511. The first-order valence-corrected chi connectivity index (χ1v) is 2.71. The lowest BCUT2D eigenvalue weighted by Gasteiger charge is -1.93. The first kappa shape index (κ1) is 6.07. The molecule has 9 heavy (non-hydrogen) atoms. The molecule has 4 nitrogen and oxygen atoms in total. The Bertz CT molecular complexity index is 153. The zero-order valence-electron chi connectivity index (χ0n) is 5.18. The average Bonchev–Trinajstić information content (AvgIpc) is 1.97. The van der Waals surface area contributed by atoms with Crippen LogP contribution in [-0.2, 0) is 9.63 Å². The van der Waals surface area contributed by atoms with Gasteiger partial charge in [0.05, 0.1) is 12.3 Å². The van der Waals surface area contributed by atoms with Crippen molar-refractivity contribution >= 4 is 11.6 Å². The molecule has 0 unspecified atom stereocenters. The van der Waals surface area contributed by atoms with E-state index in [4.69, 9.17) is 0 Å². The Balaban J connectivity index is 2.48. The Labute approximate surface area is 52.9 Å². The number of carbonyl (C=O) groups excluding carboxylic acids is 1. The van der Waals surface area contributed by atoms with Gasteiger partial charge in [-0.3, -0.25) is 4.79 Å². The van der Waals surface area contributed by atoms with Crippen LogP contribution in [0.1, 0.15) is 6.92 Å². The van der Waals surface area contributed by atoms with E-state index in [-0.39, 0.29) is 12.5 Å². The Morgan fingerprint density at radius 2 is 2.56 bits per heavy atom. The molecule has 50 valence electrons. The van der Waals surface area contributed by atoms with Crippen LogP contribution in [0, 0.1) is 0 Å². The van der Waals surface area contributed by atoms with E-state index in [9.17, 15) is 4.79 Å². The van der Waals surface area contributed by atoms with Gasteiger partial charge in [-0.05, 0) is 6.92 Å². The van der Waals surface area contributed by atoms with Crippen LogP contribution >= 0.6 is 0 Å². The predicted octanol–water partition coefficient (Wildman–Crippen LogP) is -0.491. The molecular weight excluding hydrogens is 120 g/mol. The smallest absolute Gasteiger partial charge is 0.261 e. The molecule has 0 aliphatic carbocycles. The standard InChI is InChI=1S/C5H8N2O2/c1-4-2-6-5(8)3-9-7-4/h2-3H2,1H3,(H,6,8). The second-order valence-electron chi connectivity index (χ2n) is 1.88. The minimum absolute atomic E-state index is 0.0390. The van der Waals surface area contributed by atoms with Crippen molar-refractivity contribution in [3.8, 4) is 0 Å². The van der Waals surface area contributed by atoms with E-state index in [1.54, 1.807) is 6.92 Å². The summed E-state index contributed by atoms with van der Waals surface area (Å²) >= 11 is 0. The van der Waals surface area contributed by atoms with Crippen molar-refractivity contribution in [2.45, 2.75) is 6.92 Å². The summed E-state index contributed by atoms with van der Waals surface area (Å²) in [5.74, 6) is -0.115. The number of nitrogens with zero attached hydrogens (tertiary/aromatic N) is 1. The Hall–Kier alpha value is -1.06. The highest BCUT2D eigenvalue weighted by molar-refractivity contribution is 5.89. The van der Waals surface area contributed by atoms with Gasteiger partial charge in [-0.25, -0.2) is 0 Å². The van der Waals surface area contributed by atoms with Crippen molar-refractivity contribution in [2.75, 3.05) is 13.2 Å². The maximum absolute atomic E-state index is 10.5. The molecule has 1 rings (SSSR count). The number of hydrogen-bond acceptors (Lipinski definition) is 3. The van der Waals surface area contributed by atoms with E-state index in [1.165, 1.54) is 0 Å². The van der Waals surface area contributed by atoms with Crippen molar-refractivity contribution in [2.24, 2.45) is 5.16 Å². The molecule has 1 aliphatic heterocycles. The fraction of sp³-hybridized carbons (Fsp3) is 0.600. The van der Waals surface area contributed by atoms with Gasteiger partial charge in [0.1, 0.15) is 0 Å². The third-order valence-corrected chi connectivity index (χ3v) is 0.957. The van der Waals surface area contributed by atoms with Gasteiger partial charge in [-0.1, -0.05) is 5.16 Å². The van der Waals surface area contributed by atoms with Crippen LogP contribution in [0.4, 0.5) is 0 Å². The lowest BCUT2D eigenvalue weighted by atomic mass is 10.4. The van der Waals surface area contributed by atoms with E-state index in [0.717, 1.165) is 5.71 Å². The highest BCUT2D eigenvalue weighted by Gasteiger charge is 2.05. The Morgan fingerprint density at radius 3 is 3.33 bits per heavy atom. The Morgan fingerprint density at radius 1 is 1.78 bits per heavy atom. The average molecular weight is 128 g/mol. The number of hydrogen-bond donors (Lipinski definition) is 1. The molecule has 1 amide bonds. The minimum Gasteiger partial charge on any atom is -0.386 e. The largest absolute Gasteiger partial charge is 0.386 e. The van der Waals surface area contributed by atoms with Crippen LogP contribution in [0.15, 0.2) is 5.16 Å². The molecule has 1 heterocycles. The summed E-state index contributed by atoms with van der Waals surface area (Å²) in [5.41, 5.74) is 0.792. The van der Waals surface area contributed by atoms with Crippen LogP contribution in [0.3, 0.4) is 0 Å². The molecule has 0 saturated heterocycles. The molecule has 0 aromatic heterocycles. The molecule has 0 aromatic carbocycles. The molecule has 0 atom stereocenters. The van der Waals surface area contributed by atoms with Gasteiger partial charge in [0.15, 0.2) is 6.61 Å². The number of oxime groups is 1. The summed E-state index contributed by atoms with van der Waals surface area (Å²) in [6, 6.07) is 0. The summed E-state index contributed by atoms with van der Waals surface area (Å²) in [6.45, 7) is 2.34. The number of nitrogens with one attached hydrogen (secondary N) is 1. The lowest BCUT2D eigenvalue weighted by Crippen LogP contribution is -2.28. The SMILES string of the molecule is CC1=NOCC(=O)NC1. The number of carbonyl (C=O) groups is 1. The molecule has 1 aliphatic rings. The van der Waals surface area contributed by atoms with E-state index in [0.29, 0.717) is 6.54 Å². The second kappa shape index (κ2) is 2.48. The number of amides is 1. The van der Waals surface area contributed by atoms with Gasteiger partial charge in [-0.2, -0.15) is 0 Å². The summed E-state index contributed by atoms with van der Waals surface area (Å²) in [4.78, 5) is 15.1. The first-order valence-electron chi connectivity index (χ1n) is 2.71. The van der Waals surface area contributed by atoms with Gasteiger partial charge in [0.25, 0.3) is 5.91 Å². The van der Waals surface area contributed by atoms with Crippen molar-refractivity contribution in [3.63, 3.8) is 0 Å². The van der Waals surface area contributed by atoms with Crippen LogP contribution in [0.25, 0.3) is 0 Å². The summed E-state index contributed by atoms with van der Waals surface area (Å²) in [6.07, 6.45) is 0. The summed E-state index contributed by atoms with van der Waals surface area (Å²) in [5, 5.41) is 6.21.